The van der Waals surface area contributed by atoms with E-state index in [2.05, 4.69) is 4.18 Å². The van der Waals surface area contributed by atoms with Crippen molar-refractivity contribution in [1.82, 2.24) is 0 Å². The fourth-order valence-electron chi connectivity index (χ4n) is 2.42. The molecule has 1 aliphatic rings. The van der Waals surface area contributed by atoms with Crippen LogP contribution in [0.1, 0.15) is 0 Å². The average Bonchev–Trinajstić information content (AvgIpc) is 2.53. The molecule has 1 saturated heterocycles. The maximum absolute atomic E-state index is 12.4. The van der Waals surface area contributed by atoms with Gasteiger partial charge in [-0.3, -0.25) is 0 Å². The van der Waals surface area contributed by atoms with Crippen molar-refractivity contribution < 1.29 is 34.9 Å². The Morgan fingerprint density at radius 2 is 1.80 bits per heavy atom. The summed E-state index contributed by atoms with van der Waals surface area (Å²) in [4.78, 5) is 13.6. The van der Waals surface area contributed by atoms with E-state index < -0.39 is 27.0 Å². The van der Waals surface area contributed by atoms with Crippen LogP contribution in [0.2, 0.25) is 0 Å². The predicted octanol–water partition coefficient (Wildman–Crippen LogP) is 1.86. The largest absolute Gasteiger partial charge is 0.534 e. The lowest BCUT2D eigenvalue weighted by Crippen LogP contribution is -2.36. The van der Waals surface area contributed by atoms with Crippen LogP contribution in [0, 0.1) is 0 Å². The first-order chi connectivity index (χ1) is 11.7. The highest BCUT2D eigenvalue weighted by molar-refractivity contribution is 7.88. The molecule has 2 heterocycles. The number of fused-ring (bicyclic) bond motifs is 1. The summed E-state index contributed by atoms with van der Waals surface area (Å²) < 4.78 is 73.6. The van der Waals surface area contributed by atoms with Gasteiger partial charge in [-0.25, -0.2) is 4.79 Å². The number of alkyl halides is 3. The van der Waals surface area contributed by atoms with Crippen LogP contribution < -0.4 is 14.7 Å². The van der Waals surface area contributed by atoms with Crippen LogP contribution in [0.15, 0.2) is 33.5 Å². The van der Waals surface area contributed by atoms with Crippen LogP contribution >= 0.6 is 0 Å². The highest BCUT2D eigenvalue weighted by atomic mass is 32.2. The molecule has 0 atom stereocenters. The molecule has 136 valence electrons. The van der Waals surface area contributed by atoms with Gasteiger partial charge in [-0.2, -0.15) is 21.6 Å². The quantitative estimate of drug-likeness (QED) is 0.457. The van der Waals surface area contributed by atoms with Gasteiger partial charge in [0.25, 0.3) is 0 Å². The van der Waals surface area contributed by atoms with E-state index in [0.29, 0.717) is 37.4 Å². The molecule has 7 nitrogen and oxygen atoms in total. The van der Waals surface area contributed by atoms with Crippen molar-refractivity contribution in [2.24, 2.45) is 0 Å². The van der Waals surface area contributed by atoms with Gasteiger partial charge in [-0.1, -0.05) is 0 Å². The number of hydrogen-bond acceptors (Lipinski definition) is 7. The molecule has 1 aliphatic heterocycles. The Bertz CT molecular complexity index is 947. The summed E-state index contributed by atoms with van der Waals surface area (Å²) in [7, 11) is -5.81. The molecule has 1 fully saturated rings. The molecular weight excluding hydrogens is 367 g/mol. The Labute approximate surface area is 139 Å². The maximum atomic E-state index is 12.4. The Morgan fingerprint density at radius 3 is 2.44 bits per heavy atom. The third-order valence-electron chi connectivity index (χ3n) is 3.54. The molecule has 0 aliphatic carbocycles. The van der Waals surface area contributed by atoms with Gasteiger partial charge in [0.15, 0.2) is 0 Å². The summed E-state index contributed by atoms with van der Waals surface area (Å²) in [6.45, 7) is 1.98. The zero-order valence-corrected chi connectivity index (χ0v) is 13.4. The van der Waals surface area contributed by atoms with E-state index in [1.165, 1.54) is 12.1 Å². The van der Waals surface area contributed by atoms with Crippen molar-refractivity contribution in [3.8, 4) is 5.75 Å². The number of ether oxygens (including phenoxy) is 1. The second kappa shape index (κ2) is 6.23. The second-order valence-electron chi connectivity index (χ2n) is 5.19. The molecule has 3 rings (SSSR count). The van der Waals surface area contributed by atoms with Crippen LogP contribution in [0.3, 0.4) is 0 Å². The Balaban J connectivity index is 2.03. The van der Waals surface area contributed by atoms with Crippen LogP contribution in [0.5, 0.6) is 5.75 Å². The molecule has 25 heavy (non-hydrogen) atoms. The highest BCUT2D eigenvalue weighted by Gasteiger charge is 2.48. The minimum atomic E-state index is -5.81. The SMILES string of the molecule is O=c1cc(N2CCOCC2)c2ccc(OS(=O)(=O)C(F)(F)F)cc2o1. The molecule has 1 aromatic heterocycles. The van der Waals surface area contributed by atoms with E-state index in [4.69, 9.17) is 9.15 Å². The van der Waals surface area contributed by atoms with E-state index in [1.807, 2.05) is 4.90 Å². The second-order valence-corrected chi connectivity index (χ2v) is 6.73. The summed E-state index contributed by atoms with van der Waals surface area (Å²) in [5.74, 6) is -0.605. The summed E-state index contributed by atoms with van der Waals surface area (Å²) in [6, 6.07) is 4.60. The van der Waals surface area contributed by atoms with Crippen molar-refractivity contribution in [2.45, 2.75) is 5.51 Å². The Hall–Kier alpha value is -2.27. The molecule has 1 aromatic carbocycles. The van der Waals surface area contributed by atoms with Crippen LogP contribution in [0.25, 0.3) is 11.0 Å². The van der Waals surface area contributed by atoms with Crippen molar-refractivity contribution in [3.63, 3.8) is 0 Å². The van der Waals surface area contributed by atoms with Crippen molar-refractivity contribution >= 4 is 26.8 Å². The third kappa shape index (κ3) is 3.56. The molecule has 0 saturated carbocycles. The van der Waals surface area contributed by atoms with Gasteiger partial charge < -0.3 is 18.2 Å². The van der Waals surface area contributed by atoms with Crippen LogP contribution in [0.4, 0.5) is 18.9 Å². The van der Waals surface area contributed by atoms with E-state index in [1.54, 1.807) is 0 Å². The van der Waals surface area contributed by atoms with Gasteiger partial charge in [0.05, 0.1) is 18.9 Å². The maximum Gasteiger partial charge on any atom is 0.534 e. The highest BCUT2D eigenvalue weighted by Crippen LogP contribution is 2.31. The molecule has 0 radical (unpaired) electrons. The predicted molar refractivity (Wildman–Crippen MR) is 81.1 cm³/mol. The monoisotopic (exact) mass is 379 g/mol. The van der Waals surface area contributed by atoms with E-state index in [0.717, 1.165) is 12.1 Å². The molecule has 0 bridgehead atoms. The van der Waals surface area contributed by atoms with Crippen LogP contribution in [-0.2, 0) is 14.9 Å². The smallest absolute Gasteiger partial charge is 0.422 e. The Kier molecular flexibility index (Phi) is 4.37. The lowest BCUT2D eigenvalue weighted by Gasteiger charge is -2.29. The first-order valence-corrected chi connectivity index (χ1v) is 8.49. The topological polar surface area (TPSA) is 86.0 Å². The standard InChI is InChI=1S/C14H12F3NO6S/c15-14(16,17)25(20,21)24-9-1-2-10-11(18-3-5-22-6-4-18)8-13(19)23-12(10)7-9/h1-2,7-8H,3-6H2. The van der Waals surface area contributed by atoms with Gasteiger partial charge in [0, 0.05) is 30.6 Å². The number of nitrogens with zero attached hydrogens (tertiary/aromatic N) is 1. The number of hydrogen-bond donors (Lipinski definition) is 0. The summed E-state index contributed by atoms with van der Waals surface area (Å²) in [5.41, 5.74) is -5.83. The van der Waals surface area contributed by atoms with Gasteiger partial charge in [0.2, 0.25) is 0 Å². The lowest BCUT2D eigenvalue weighted by atomic mass is 10.1. The van der Waals surface area contributed by atoms with E-state index in [-0.39, 0.29) is 5.58 Å². The van der Waals surface area contributed by atoms with Gasteiger partial charge >= 0.3 is 21.3 Å². The minimum absolute atomic E-state index is 0.0798. The molecule has 0 unspecified atom stereocenters. The zero-order chi connectivity index (χ0) is 18.2. The number of rotatable bonds is 3. The number of morpholine rings is 1. The molecule has 2 aromatic rings. The molecule has 0 amide bonds. The summed E-state index contributed by atoms with van der Waals surface area (Å²) in [6.07, 6.45) is 0. The van der Waals surface area contributed by atoms with Gasteiger partial charge in [0.1, 0.15) is 11.3 Å². The fourth-order valence-corrected chi connectivity index (χ4v) is 2.87. The normalized spacial score (nSPS) is 16.2. The van der Waals surface area contributed by atoms with Gasteiger partial charge in [-0.05, 0) is 12.1 Å². The minimum Gasteiger partial charge on any atom is -0.422 e. The molecule has 11 heteroatoms. The zero-order valence-electron chi connectivity index (χ0n) is 12.6. The Morgan fingerprint density at radius 1 is 1.12 bits per heavy atom. The summed E-state index contributed by atoms with van der Waals surface area (Å²) >= 11 is 0. The van der Waals surface area contributed by atoms with Gasteiger partial charge in [-0.15, -0.1) is 0 Å². The van der Waals surface area contributed by atoms with Crippen molar-refractivity contribution in [2.75, 3.05) is 31.2 Å². The first kappa shape index (κ1) is 17.5. The number of anilines is 1. The molecular formula is C14H12F3NO6S. The third-order valence-corrected chi connectivity index (χ3v) is 4.51. The molecule has 0 spiro atoms. The van der Waals surface area contributed by atoms with E-state index in [9.17, 15) is 26.4 Å². The van der Waals surface area contributed by atoms with Crippen molar-refractivity contribution in [3.05, 3.63) is 34.7 Å². The first-order valence-electron chi connectivity index (χ1n) is 7.09. The summed E-state index contributed by atoms with van der Waals surface area (Å²) in [5, 5.41) is 0.443. The number of halogens is 3. The molecule has 0 N–H and O–H groups in total. The fraction of sp³-hybridized carbons (Fsp3) is 0.357. The van der Waals surface area contributed by atoms with E-state index >= 15 is 0 Å². The number of benzene rings is 1. The van der Waals surface area contributed by atoms with Crippen molar-refractivity contribution in [1.29, 1.82) is 0 Å². The van der Waals surface area contributed by atoms with Crippen LogP contribution in [-0.4, -0.2) is 40.2 Å². The lowest BCUT2D eigenvalue weighted by molar-refractivity contribution is -0.0500. The average molecular weight is 379 g/mol.